The van der Waals surface area contributed by atoms with Gasteiger partial charge in [0.2, 0.25) is 0 Å². The molecule has 1 aromatic rings. The Kier molecular flexibility index (Phi) is 4.57. The molecule has 0 unspecified atom stereocenters. The van der Waals surface area contributed by atoms with Gasteiger partial charge in [0, 0.05) is 5.57 Å². The summed E-state index contributed by atoms with van der Waals surface area (Å²) in [6.07, 6.45) is 0. The Balaban J connectivity index is 0.000000319. The fourth-order valence-corrected chi connectivity index (χ4v) is 0.683. The van der Waals surface area contributed by atoms with Crippen molar-refractivity contribution in [3.63, 3.8) is 0 Å². The molecule has 1 fully saturated rings. The Morgan fingerprint density at radius 3 is 2.27 bits per heavy atom. The van der Waals surface area contributed by atoms with Gasteiger partial charge in [-0.15, -0.1) is 0 Å². The van der Waals surface area contributed by atoms with Gasteiger partial charge in [-0.3, -0.25) is 0 Å². The minimum Gasteiger partial charge on any atom is -0.423 e. The van der Waals surface area contributed by atoms with Crippen molar-refractivity contribution >= 4 is 5.97 Å². The lowest BCUT2D eigenvalue weighted by Crippen LogP contribution is -2.07. The Morgan fingerprint density at radius 1 is 1.33 bits per heavy atom. The number of rotatable bonds is 2. The fourth-order valence-electron chi connectivity index (χ4n) is 0.683. The quantitative estimate of drug-likeness (QED) is 0.322. The summed E-state index contributed by atoms with van der Waals surface area (Å²) in [6.45, 7) is 7.09. The highest BCUT2D eigenvalue weighted by molar-refractivity contribution is 5.88. The van der Waals surface area contributed by atoms with Gasteiger partial charge in [-0.2, -0.15) is 0 Å². The maximum absolute atomic E-state index is 11.0. The van der Waals surface area contributed by atoms with E-state index >= 15 is 0 Å². The molecule has 0 amide bonds. The van der Waals surface area contributed by atoms with Crippen LogP contribution < -0.4 is 4.74 Å². The molecule has 1 aliphatic rings. The predicted octanol–water partition coefficient (Wildman–Crippen LogP) is 2.18. The summed E-state index contributed by atoms with van der Waals surface area (Å²) in [6, 6.07) is 8.92. The van der Waals surface area contributed by atoms with Crippen LogP contribution in [0.1, 0.15) is 6.92 Å². The molecule has 80 valence electrons. The molecule has 3 nitrogen and oxygen atoms in total. The maximum atomic E-state index is 11.0. The average Bonchev–Trinajstić information content (AvgIpc) is 3.06. The van der Waals surface area contributed by atoms with E-state index in [1.165, 1.54) is 0 Å². The summed E-state index contributed by atoms with van der Waals surface area (Å²) in [5.74, 6) is 0.159. The fraction of sp³-hybridized carbons (Fsp3) is 0.250. The molecule has 0 spiro atoms. The molecule has 1 saturated heterocycles. The van der Waals surface area contributed by atoms with E-state index in [9.17, 15) is 4.79 Å². The van der Waals surface area contributed by atoms with Crippen LogP contribution in [0.4, 0.5) is 0 Å². The highest BCUT2D eigenvalue weighted by atomic mass is 16.6. The van der Waals surface area contributed by atoms with Gasteiger partial charge in [0.15, 0.2) is 0 Å². The van der Waals surface area contributed by atoms with Crippen molar-refractivity contribution in [1.82, 2.24) is 0 Å². The summed E-state index contributed by atoms with van der Waals surface area (Å²) < 4.78 is 9.44. The predicted molar refractivity (Wildman–Crippen MR) is 57.7 cm³/mol. The molecule has 15 heavy (non-hydrogen) atoms. The Labute approximate surface area is 89.3 Å². The van der Waals surface area contributed by atoms with E-state index in [1.54, 1.807) is 31.2 Å². The van der Waals surface area contributed by atoms with Crippen molar-refractivity contribution in [3.05, 3.63) is 42.5 Å². The van der Waals surface area contributed by atoms with Crippen LogP contribution in [0.15, 0.2) is 42.5 Å². The molecule has 0 bridgehead atoms. The van der Waals surface area contributed by atoms with Gasteiger partial charge in [0.25, 0.3) is 0 Å². The van der Waals surface area contributed by atoms with Crippen LogP contribution in [0, 0.1) is 0 Å². The molecule has 1 aromatic carbocycles. The highest BCUT2D eigenvalue weighted by Crippen LogP contribution is 2.09. The zero-order chi connectivity index (χ0) is 11.1. The van der Waals surface area contributed by atoms with Gasteiger partial charge in [0.1, 0.15) is 5.75 Å². The second kappa shape index (κ2) is 5.98. The molecule has 0 saturated carbocycles. The second-order valence-electron chi connectivity index (χ2n) is 3.10. The summed E-state index contributed by atoms with van der Waals surface area (Å²) in [5.41, 5.74) is 0.402. The first-order valence-electron chi connectivity index (χ1n) is 4.70. The number of benzene rings is 1. The maximum Gasteiger partial charge on any atom is 0.338 e. The molecular formula is C12H14O3. The molecule has 3 heteroatoms. The first-order valence-corrected chi connectivity index (χ1v) is 4.70. The standard InChI is InChI=1S/C10H10O2.C2H4O/c1-8(2)10(11)12-9-6-4-3-5-7-9;1-2-3-1/h3-7H,1H2,2H3;1-2H2. The zero-order valence-electron chi connectivity index (χ0n) is 8.73. The first-order chi connectivity index (χ1) is 7.20. The van der Waals surface area contributed by atoms with Crippen molar-refractivity contribution in [2.45, 2.75) is 6.92 Å². The molecule has 0 N–H and O–H groups in total. The number of hydrogen-bond donors (Lipinski definition) is 0. The lowest BCUT2D eigenvalue weighted by molar-refractivity contribution is -0.130. The minimum atomic E-state index is -0.388. The van der Waals surface area contributed by atoms with Crippen molar-refractivity contribution in [2.75, 3.05) is 13.2 Å². The van der Waals surface area contributed by atoms with E-state index in [2.05, 4.69) is 11.3 Å². The van der Waals surface area contributed by atoms with Gasteiger partial charge in [-0.25, -0.2) is 4.79 Å². The smallest absolute Gasteiger partial charge is 0.338 e. The molecule has 1 heterocycles. The zero-order valence-corrected chi connectivity index (χ0v) is 8.73. The minimum absolute atomic E-state index is 0.388. The normalized spacial score (nSPS) is 12.1. The van der Waals surface area contributed by atoms with Gasteiger partial charge in [0.05, 0.1) is 13.2 Å². The van der Waals surface area contributed by atoms with Gasteiger partial charge < -0.3 is 9.47 Å². The molecule has 2 rings (SSSR count). The molecule has 0 radical (unpaired) electrons. The SMILES string of the molecule is C1CO1.C=C(C)C(=O)Oc1ccccc1. The van der Waals surface area contributed by atoms with E-state index < -0.39 is 0 Å². The van der Waals surface area contributed by atoms with Crippen LogP contribution in [0.25, 0.3) is 0 Å². The number of carbonyl (C=O) groups is 1. The summed E-state index contributed by atoms with van der Waals surface area (Å²) >= 11 is 0. The number of esters is 1. The molecule has 1 aliphatic heterocycles. The number of ether oxygens (including phenoxy) is 2. The Hall–Kier alpha value is -1.61. The number of hydrogen-bond acceptors (Lipinski definition) is 3. The molecule has 0 aliphatic carbocycles. The number of epoxide rings is 1. The van der Waals surface area contributed by atoms with Crippen LogP contribution in [-0.4, -0.2) is 19.2 Å². The summed E-state index contributed by atoms with van der Waals surface area (Å²) in [7, 11) is 0. The van der Waals surface area contributed by atoms with Crippen LogP contribution in [-0.2, 0) is 9.53 Å². The Bertz CT molecular complexity index is 325. The lowest BCUT2D eigenvalue weighted by Gasteiger charge is -2.01. The van der Waals surface area contributed by atoms with Gasteiger partial charge >= 0.3 is 5.97 Å². The van der Waals surface area contributed by atoms with Crippen LogP contribution in [0.2, 0.25) is 0 Å². The van der Waals surface area contributed by atoms with Crippen LogP contribution in [0.5, 0.6) is 5.75 Å². The molecular weight excluding hydrogens is 192 g/mol. The summed E-state index contributed by atoms with van der Waals surface area (Å²) in [4.78, 5) is 11.0. The average molecular weight is 206 g/mol. The van der Waals surface area contributed by atoms with E-state index in [-0.39, 0.29) is 5.97 Å². The van der Waals surface area contributed by atoms with E-state index in [0.29, 0.717) is 11.3 Å². The van der Waals surface area contributed by atoms with E-state index in [1.807, 2.05) is 6.07 Å². The van der Waals surface area contributed by atoms with Crippen molar-refractivity contribution in [2.24, 2.45) is 0 Å². The lowest BCUT2D eigenvalue weighted by atomic mass is 10.3. The molecule has 0 atom stereocenters. The third kappa shape index (κ3) is 5.65. The molecule has 0 aromatic heterocycles. The number of para-hydroxylation sites is 1. The topological polar surface area (TPSA) is 38.8 Å². The first kappa shape index (κ1) is 11.5. The summed E-state index contributed by atoms with van der Waals surface area (Å²) in [5, 5.41) is 0. The Morgan fingerprint density at radius 2 is 1.87 bits per heavy atom. The van der Waals surface area contributed by atoms with E-state index in [0.717, 1.165) is 13.2 Å². The van der Waals surface area contributed by atoms with E-state index in [4.69, 9.17) is 4.74 Å². The third-order valence-electron chi connectivity index (χ3n) is 1.51. The van der Waals surface area contributed by atoms with Crippen LogP contribution >= 0.6 is 0 Å². The highest BCUT2D eigenvalue weighted by Gasteiger charge is 2.03. The van der Waals surface area contributed by atoms with Gasteiger partial charge in [-0.1, -0.05) is 24.8 Å². The van der Waals surface area contributed by atoms with Crippen molar-refractivity contribution < 1.29 is 14.3 Å². The van der Waals surface area contributed by atoms with Crippen LogP contribution in [0.3, 0.4) is 0 Å². The van der Waals surface area contributed by atoms with Gasteiger partial charge in [-0.05, 0) is 19.1 Å². The third-order valence-corrected chi connectivity index (χ3v) is 1.51. The van der Waals surface area contributed by atoms with Crippen molar-refractivity contribution in [1.29, 1.82) is 0 Å². The largest absolute Gasteiger partial charge is 0.423 e. The van der Waals surface area contributed by atoms with Crippen molar-refractivity contribution in [3.8, 4) is 5.75 Å². The number of carbonyl (C=O) groups excluding carboxylic acids is 1. The second-order valence-corrected chi connectivity index (χ2v) is 3.10. The monoisotopic (exact) mass is 206 g/mol.